The molecular weight excluding hydrogens is 353 g/mol. The molecule has 5 nitrogen and oxygen atoms in total. The maximum atomic E-state index is 13.9. The Morgan fingerprint density at radius 3 is 2.88 bits per heavy atom. The van der Waals surface area contributed by atoms with Crippen LogP contribution in [0.1, 0.15) is 22.5 Å². The fourth-order valence-corrected chi connectivity index (χ4v) is 3.99. The highest BCUT2D eigenvalue weighted by Crippen LogP contribution is 2.34. The van der Waals surface area contributed by atoms with Gasteiger partial charge in [-0.1, -0.05) is 30.0 Å². The van der Waals surface area contributed by atoms with E-state index in [2.05, 4.69) is 23.2 Å². The van der Waals surface area contributed by atoms with E-state index in [-0.39, 0.29) is 12.6 Å². The van der Waals surface area contributed by atoms with Gasteiger partial charge in [0.15, 0.2) is 11.9 Å². The molecule has 0 aliphatic carbocycles. The van der Waals surface area contributed by atoms with Crippen LogP contribution in [0.2, 0.25) is 0 Å². The normalized spacial score (nSPS) is 13.3. The predicted octanol–water partition coefficient (Wildman–Crippen LogP) is 4.18. The van der Waals surface area contributed by atoms with Crippen molar-refractivity contribution in [2.45, 2.75) is 31.4 Å². The lowest BCUT2D eigenvalue weighted by Crippen LogP contribution is -2.13. The molecule has 0 unspecified atom stereocenters. The molecule has 0 N–H and O–H groups in total. The molecule has 0 fully saturated rings. The van der Waals surface area contributed by atoms with Crippen LogP contribution in [-0.2, 0) is 17.1 Å². The molecule has 0 saturated heterocycles. The van der Waals surface area contributed by atoms with Crippen LogP contribution in [0, 0.1) is 19.7 Å². The van der Waals surface area contributed by atoms with E-state index in [0.717, 1.165) is 33.4 Å². The minimum Gasteiger partial charge on any atom is -0.467 e. The maximum absolute atomic E-state index is 13.9. The van der Waals surface area contributed by atoms with Crippen molar-refractivity contribution in [1.29, 1.82) is 0 Å². The highest BCUT2D eigenvalue weighted by atomic mass is 32.2. The van der Waals surface area contributed by atoms with Gasteiger partial charge in [-0.2, -0.15) is 0 Å². The molecule has 0 bridgehead atoms. The van der Waals surface area contributed by atoms with Gasteiger partial charge in [0.1, 0.15) is 17.4 Å². The quantitative estimate of drug-likeness (QED) is 0.644. The largest absolute Gasteiger partial charge is 0.467 e. The first-order chi connectivity index (χ1) is 12.6. The molecule has 1 aliphatic rings. The minimum atomic E-state index is -0.287. The van der Waals surface area contributed by atoms with Gasteiger partial charge in [0.2, 0.25) is 0 Å². The number of fused-ring (bicyclic) bond motifs is 1. The molecule has 4 rings (SSSR count). The van der Waals surface area contributed by atoms with Gasteiger partial charge in [0.05, 0.1) is 12.3 Å². The Bertz CT molecular complexity index is 958. The number of rotatable bonds is 4. The summed E-state index contributed by atoms with van der Waals surface area (Å²) in [6.07, 6.45) is 0. The van der Waals surface area contributed by atoms with Crippen LogP contribution < -0.4 is 4.74 Å². The number of para-hydroxylation sites is 1. The molecule has 2 aromatic carbocycles. The Hall–Kier alpha value is -2.38. The monoisotopic (exact) mass is 371 g/mol. The molecule has 3 aromatic rings. The van der Waals surface area contributed by atoms with Gasteiger partial charge >= 0.3 is 0 Å². The van der Waals surface area contributed by atoms with Crippen LogP contribution in [0.25, 0.3) is 5.69 Å². The van der Waals surface area contributed by atoms with Crippen molar-refractivity contribution in [3.63, 3.8) is 0 Å². The Labute approximate surface area is 155 Å². The summed E-state index contributed by atoms with van der Waals surface area (Å²) in [7, 11) is 0. The first kappa shape index (κ1) is 17.1. The summed E-state index contributed by atoms with van der Waals surface area (Å²) in [5, 5.41) is 9.28. The molecule has 1 aromatic heterocycles. The number of halogens is 1. The zero-order valence-corrected chi connectivity index (χ0v) is 15.3. The van der Waals surface area contributed by atoms with Crippen molar-refractivity contribution >= 4 is 11.8 Å². The molecule has 0 saturated carbocycles. The predicted molar refractivity (Wildman–Crippen MR) is 97.1 cm³/mol. The molecule has 7 heteroatoms. The van der Waals surface area contributed by atoms with Crippen molar-refractivity contribution < 1.29 is 13.9 Å². The van der Waals surface area contributed by atoms with Crippen molar-refractivity contribution in [3.8, 4) is 11.4 Å². The van der Waals surface area contributed by atoms with E-state index in [4.69, 9.17) is 9.47 Å². The maximum Gasteiger partial charge on any atom is 0.196 e. The fraction of sp³-hybridized carbons (Fsp3) is 0.263. The lowest BCUT2D eigenvalue weighted by Gasteiger charge is -2.20. The third kappa shape index (κ3) is 3.20. The summed E-state index contributed by atoms with van der Waals surface area (Å²) in [6.45, 7) is 4.53. The van der Waals surface area contributed by atoms with Gasteiger partial charge in [-0.05, 0) is 37.6 Å². The van der Waals surface area contributed by atoms with Crippen LogP contribution in [-0.4, -0.2) is 21.6 Å². The third-order valence-corrected chi connectivity index (χ3v) is 5.24. The first-order valence-electron chi connectivity index (χ1n) is 8.26. The second-order valence-corrected chi connectivity index (χ2v) is 7.05. The minimum absolute atomic E-state index is 0.189. The SMILES string of the molecule is Cc1ccccc1-n1c(C)nnc1SCc1cc(F)cc2c1OCOC2. The smallest absolute Gasteiger partial charge is 0.196 e. The summed E-state index contributed by atoms with van der Waals surface area (Å²) in [5.74, 6) is 1.77. The highest BCUT2D eigenvalue weighted by molar-refractivity contribution is 7.98. The van der Waals surface area contributed by atoms with E-state index < -0.39 is 0 Å². The van der Waals surface area contributed by atoms with Crippen molar-refractivity contribution in [2.75, 3.05) is 6.79 Å². The van der Waals surface area contributed by atoms with E-state index in [1.807, 2.05) is 29.7 Å². The van der Waals surface area contributed by atoms with E-state index >= 15 is 0 Å². The average Bonchev–Trinajstić information content (AvgIpc) is 3.00. The van der Waals surface area contributed by atoms with Crippen LogP contribution in [0.15, 0.2) is 41.6 Å². The molecule has 1 aliphatic heterocycles. The number of aromatic nitrogens is 3. The summed E-state index contributed by atoms with van der Waals surface area (Å²) in [5.41, 5.74) is 3.72. The Morgan fingerprint density at radius 1 is 1.19 bits per heavy atom. The molecule has 134 valence electrons. The lowest BCUT2D eigenvalue weighted by atomic mass is 10.1. The van der Waals surface area contributed by atoms with Gasteiger partial charge in [-0.15, -0.1) is 10.2 Å². The average molecular weight is 371 g/mol. The number of ether oxygens (including phenoxy) is 2. The number of aryl methyl sites for hydroxylation is 2. The Morgan fingerprint density at radius 2 is 2.04 bits per heavy atom. The number of nitrogens with zero attached hydrogens (tertiary/aromatic N) is 3. The summed E-state index contributed by atoms with van der Waals surface area (Å²) in [6, 6.07) is 11.1. The lowest BCUT2D eigenvalue weighted by molar-refractivity contribution is -0.0171. The van der Waals surface area contributed by atoms with Gasteiger partial charge in [0, 0.05) is 16.9 Å². The van der Waals surface area contributed by atoms with Crippen LogP contribution in [0.4, 0.5) is 4.39 Å². The third-order valence-electron chi connectivity index (χ3n) is 4.26. The molecule has 0 atom stereocenters. The van der Waals surface area contributed by atoms with E-state index in [0.29, 0.717) is 18.1 Å². The van der Waals surface area contributed by atoms with Crippen molar-refractivity contribution in [1.82, 2.24) is 14.8 Å². The Balaban J connectivity index is 1.65. The summed E-state index contributed by atoms with van der Waals surface area (Å²) < 4.78 is 26.8. The first-order valence-corrected chi connectivity index (χ1v) is 9.24. The second kappa shape index (κ2) is 7.09. The Kier molecular flexibility index (Phi) is 4.65. The van der Waals surface area contributed by atoms with Gasteiger partial charge in [-0.25, -0.2) is 4.39 Å². The topological polar surface area (TPSA) is 49.2 Å². The molecule has 26 heavy (non-hydrogen) atoms. The molecule has 0 spiro atoms. The van der Waals surface area contributed by atoms with Gasteiger partial charge in [0.25, 0.3) is 0 Å². The zero-order valence-electron chi connectivity index (χ0n) is 14.5. The van der Waals surface area contributed by atoms with Crippen LogP contribution in [0.5, 0.6) is 5.75 Å². The van der Waals surface area contributed by atoms with E-state index in [9.17, 15) is 4.39 Å². The summed E-state index contributed by atoms with van der Waals surface area (Å²) in [4.78, 5) is 0. The second-order valence-electron chi connectivity index (χ2n) is 6.10. The van der Waals surface area contributed by atoms with E-state index in [1.54, 1.807) is 0 Å². The summed E-state index contributed by atoms with van der Waals surface area (Å²) >= 11 is 1.51. The van der Waals surface area contributed by atoms with Crippen LogP contribution >= 0.6 is 11.8 Å². The van der Waals surface area contributed by atoms with Crippen molar-refractivity contribution in [3.05, 3.63) is 64.7 Å². The number of thioether (sulfide) groups is 1. The fourth-order valence-electron chi connectivity index (χ4n) is 3.03. The number of benzene rings is 2. The van der Waals surface area contributed by atoms with Crippen molar-refractivity contribution in [2.24, 2.45) is 0 Å². The molecule has 2 heterocycles. The molecule has 0 radical (unpaired) electrons. The number of hydrogen-bond acceptors (Lipinski definition) is 5. The molecular formula is C19H18FN3O2S. The van der Waals surface area contributed by atoms with E-state index in [1.165, 1.54) is 23.9 Å². The standard InChI is InChI=1S/C19H18FN3O2S/c1-12-5-3-4-6-17(12)23-13(2)21-22-19(23)26-10-15-8-16(20)7-14-9-24-11-25-18(14)15/h3-8H,9-11H2,1-2H3. The zero-order chi connectivity index (χ0) is 18.1. The highest BCUT2D eigenvalue weighted by Gasteiger charge is 2.19. The van der Waals surface area contributed by atoms with Gasteiger partial charge < -0.3 is 9.47 Å². The van der Waals surface area contributed by atoms with Gasteiger partial charge in [-0.3, -0.25) is 4.57 Å². The molecule has 0 amide bonds. The number of hydrogen-bond donors (Lipinski definition) is 0. The van der Waals surface area contributed by atoms with Crippen LogP contribution in [0.3, 0.4) is 0 Å².